The zero-order valence-electron chi connectivity index (χ0n) is 10.2. The van der Waals surface area contributed by atoms with Crippen LogP contribution in [0.25, 0.3) is 0 Å². The molecular weight excluding hydrogens is 212 g/mol. The molecule has 1 saturated carbocycles. The van der Waals surface area contributed by atoms with E-state index in [4.69, 9.17) is 0 Å². The van der Waals surface area contributed by atoms with Crippen LogP contribution in [0.2, 0.25) is 0 Å². The second-order valence-corrected chi connectivity index (χ2v) is 5.13. The van der Waals surface area contributed by atoms with Crippen molar-refractivity contribution in [3.63, 3.8) is 0 Å². The van der Waals surface area contributed by atoms with E-state index in [1.807, 2.05) is 6.07 Å². The van der Waals surface area contributed by atoms with Gasteiger partial charge in [0.15, 0.2) is 0 Å². The van der Waals surface area contributed by atoms with Gasteiger partial charge in [-0.05, 0) is 37.5 Å². The first-order valence-corrected chi connectivity index (χ1v) is 6.41. The van der Waals surface area contributed by atoms with Crippen LogP contribution in [0.1, 0.15) is 31.2 Å². The molecule has 0 aromatic heterocycles. The van der Waals surface area contributed by atoms with Crippen LogP contribution in [0.4, 0.5) is 11.4 Å². The third kappa shape index (κ3) is 1.90. The molecule has 1 amide bonds. The second kappa shape index (κ2) is 4.06. The Morgan fingerprint density at radius 2 is 2.06 bits per heavy atom. The summed E-state index contributed by atoms with van der Waals surface area (Å²) in [4.78, 5) is 14.0. The maximum Gasteiger partial charge on any atom is 0.243 e. The highest BCUT2D eigenvalue weighted by Crippen LogP contribution is 2.35. The van der Waals surface area contributed by atoms with Crippen molar-refractivity contribution in [1.82, 2.24) is 0 Å². The van der Waals surface area contributed by atoms with Gasteiger partial charge in [-0.2, -0.15) is 0 Å². The lowest BCUT2D eigenvalue weighted by atomic mass is 10.1. The summed E-state index contributed by atoms with van der Waals surface area (Å²) in [5.74, 6) is 0.119. The van der Waals surface area contributed by atoms with Gasteiger partial charge in [-0.1, -0.05) is 18.9 Å². The fourth-order valence-electron chi connectivity index (χ4n) is 2.96. The Hall–Kier alpha value is -1.51. The number of hydrogen-bond acceptors (Lipinski definition) is 2. The van der Waals surface area contributed by atoms with Crippen LogP contribution < -0.4 is 10.2 Å². The molecule has 1 aliphatic heterocycles. The van der Waals surface area contributed by atoms with Crippen molar-refractivity contribution in [3.05, 3.63) is 23.8 Å². The quantitative estimate of drug-likeness (QED) is 0.804. The second-order valence-electron chi connectivity index (χ2n) is 5.13. The molecule has 0 radical (unpaired) electrons. The zero-order valence-corrected chi connectivity index (χ0v) is 10.2. The molecule has 3 nitrogen and oxygen atoms in total. The molecule has 2 aliphatic rings. The first-order valence-electron chi connectivity index (χ1n) is 6.41. The van der Waals surface area contributed by atoms with Crippen molar-refractivity contribution in [2.75, 3.05) is 16.8 Å². The van der Waals surface area contributed by atoms with Gasteiger partial charge in [-0.3, -0.25) is 4.79 Å². The van der Waals surface area contributed by atoms with Gasteiger partial charge < -0.3 is 10.2 Å². The highest BCUT2D eigenvalue weighted by atomic mass is 16.2. The molecule has 17 heavy (non-hydrogen) atoms. The van der Waals surface area contributed by atoms with Crippen molar-refractivity contribution in [2.24, 2.45) is 0 Å². The predicted molar refractivity (Wildman–Crippen MR) is 69.4 cm³/mol. The van der Waals surface area contributed by atoms with E-state index in [0.29, 0.717) is 12.6 Å². The van der Waals surface area contributed by atoms with E-state index in [2.05, 4.69) is 29.3 Å². The van der Waals surface area contributed by atoms with Gasteiger partial charge in [0.2, 0.25) is 5.91 Å². The van der Waals surface area contributed by atoms with Gasteiger partial charge in [0.25, 0.3) is 0 Å². The van der Waals surface area contributed by atoms with Gasteiger partial charge in [-0.25, -0.2) is 0 Å². The predicted octanol–water partition coefficient (Wildman–Crippen LogP) is 2.70. The minimum absolute atomic E-state index is 0.119. The lowest BCUT2D eigenvalue weighted by Gasteiger charge is -2.35. The van der Waals surface area contributed by atoms with Crippen LogP contribution in [0, 0.1) is 6.92 Å². The summed E-state index contributed by atoms with van der Waals surface area (Å²) in [5, 5.41) is 2.96. The molecule has 0 bridgehead atoms. The Morgan fingerprint density at radius 3 is 2.82 bits per heavy atom. The molecule has 1 aromatic carbocycles. The maximum atomic E-state index is 11.7. The van der Waals surface area contributed by atoms with Gasteiger partial charge >= 0.3 is 0 Å². The average molecular weight is 230 g/mol. The molecule has 1 heterocycles. The SMILES string of the molecule is Cc1ccc2c(c1)N(C1CCCC1)CC(=O)N2. The number of carbonyl (C=O) groups is 1. The maximum absolute atomic E-state index is 11.7. The number of aryl methyl sites for hydroxylation is 1. The summed E-state index contributed by atoms with van der Waals surface area (Å²) in [6.07, 6.45) is 5.04. The number of carbonyl (C=O) groups excluding carboxylic acids is 1. The highest BCUT2D eigenvalue weighted by molar-refractivity contribution is 6.01. The Kier molecular flexibility index (Phi) is 2.54. The minimum Gasteiger partial charge on any atom is -0.358 e. The normalized spacial score (nSPS) is 20.3. The standard InChI is InChI=1S/C14H18N2O/c1-10-6-7-12-13(8-10)16(9-14(17)15-12)11-4-2-3-5-11/h6-8,11H,2-5,9H2,1H3,(H,15,17). The Bertz CT molecular complexity index is 450. The molecule has 3 rings (SSSR count). The molecule has 0 saturated heterocycles. The topological polar surface area (TPSA) is 32.3 Å². The van der Waals surface area contributed by atoms with Crippen molar-refractivity contribution in [3.8, 4) is 0 Å². The molecular formula is C14H18N2O. The third-order valence-corrected chi connectivity index (χ3v) is 3.82. The van der Waals surface area contributed by atoms with E-state index < -0.39 is 0 Å². The summed E-state index contributed by atoms with van der Waals surface area (Å²) >= 11 is 0. The number of amides is 1. The first-order chi connectivity index (χ1) is 8.24. The van der Waals surface area contributed by atoms with E-state index in [0.717, 1.165) is 5.69 Å². The number of anilines is 2. The van der Waals surface area contributed by atoms with Crippen molar-refractivity contribution >= 4 is 17.3 Å². The van der Waals surface area contributed by atoms with E-state index >= 15 is 0 Å². The van der Waals surface area contributed by atoms with E-state index in [1.54, 1.807) is 0 Å². The van der Waals surface area contributed by atoms with Gasteiger partial charge in [0, 0.05) is 6.04 Å². The molecule has 1 aromatic rings. The Labute approximate surface area is 102 Å². The fourth-order valence-corrected chi connectivity index (χ4v) is 2.96. The summed E-state index contributed by atoms with van der Waals surface area (Å²) in [7, 11) is 0. The molecule has 1 fully saturated rings. The lowest BCUT2D eigenvalue weighted by molar-refractivity contribution is -0.115. The monoisotopic (exact) mass is 230 g/mol. The molecule has 0 atom stereocenters. The van der Waals surface area contributed by atoms with Crippen LogP contribution in [0.3, 0.4) is 0 Å². The summed E-state index contributed by atoms with van der Waals surface area (Å²) < 4.78 is 0. The Balaban J connectivity index is 1.99. The molecule has 1 aliphatic carbocycles. The average Bonchev–Trinajstić information content (AvgIpc) is 2.82. The van der Waals surface area contributed by atoms with Crippen molar-refractivity contribution in [2.45, 2.75) is 38.6 Å². The molecule has 0 unspecified atom stereocenters. The number of benzene rings is 1. The van der Waals surface area contributed by atoms with Crippen LogP contribution in [0.15, 0.2) is 18.2 Å². The first kappa shape index (κ1) is 10.6. The summed E-state index contributed by atoms with van der Waals surface area (Å²) in [5.41, 5.74) is 3.43. The molecule has 90 valence electrons. The van der Waals surface area contributed by atoms with Crippen LogP contribution >= 0.6 is 0 Å². The van der Waals surface area contributed by atoms with Crippen LogP contribution in [0.5, 0.6) is 0 Å². The van der Waals surface area contributed by atoms with Crippen molar-refractivity contribution in [1.29, 1.82) is 0 Å². The zero-order chi connectivity index (χ0) is 11.8. The van der Waals surface area contributed by atoms with Gasteiger partial charge in [0.1, 0.15) is 0 Å². The van der Waals surface area contributed by atoms with Crippen LogP contribution in [-0.2, 0) is 4.79 Å². The number of hydrogen-bond donors (Lipinski definition) is 1. The number of nitrogens with one attached hydrogen (secondary N) is 1. The lowest BCUT2D eigenvalue weighted by Crippen LogP contribution is -2.43. The van der Waals surface area contributed by atoms with E-state index in [-0.39, 0.29) is 5.91 Å². The molecule has 3 heteroatoms. The highest BCUT2D eigenvalue weighted by Gasteiger charge is 2.29. The van der Waals surface area contributed by atoms with E-state index in [1.165, 1.54) is 36.9 Å². The molecule has 1 N–H and O–H groups in total. The summed E-state index contributed by atoms with van der Waals surface area (Å²) in [6.45, 7) is 2.62. The number of fused-ring (bicyclic) bond motifs is 1. The van der Waals surface area contributed by atoms with Gasteiger partial charge in [0.05, 0.1) is 17.9 Å². The van der Waals surface area contributed by atoms with E-state index in [9.17, 15) is 4.79 Å². The Morgan fingerprint density at radius 1 is 1.29 bits per heavy atom. The largest absolute Gasteiger partial charge is 0.358 e. The van der Waals surface area contributed by atoms with Crippen LogP contribution in [-0.4, -0.2) is 18.5 Å². The molecule has 0 spiro atoms. The number of nitrogens with zero attached hydrogens (tertiary/aromatic N) is 1. The van der Waals surface area contributed by atoms with Gasteiger partial charge in [-0.15, -0.1) is 0 Å². The minimum atomic E-state index is 0.119. The smallest absolute Gasteiger partial charge is 0.243 e. The van der Waals surface area contributed by atoms with Crippen molar-refractivity contribution < 1.29 is 4.79 Å². The fraction of sp³-hybridized carbons (Fsp3) is 0.500. The summed E-state index contributed by atoms with van der Waals surface area (Å²) in [6, 6.07) is 6.82. The number of rotatable bonds is 1. The third-order valence-electron chi connectivity index (χ3n) is 3.82.